The Bertz CT molecular complexity index is 1180. The number of benzene rings is 2. The number of hydrogen-bond acceptors (Lipinski definition) is 3. The van der Waals surface area contributed by atoms with Gasteiger partial charge in [-0.2, -0.15) is 5.10 Å². The number of carbonyl (C=O) groups excluding carboxylic acids is 1. The lowest BCUT2D eigenvalue weighted by Crippen LogP contribution is -2.28. The van der Waals surface area contributed by atoms with E-state index in [0.29, 0.717) is 18.1 Å². The van der Waals surface area contributed by atoms with Crippen LogP contribution >= 0.6 is 11.6 Å². The van der Waals surface area contributed by atoms with Gasteiger partial charge < -0.3 is 14.6 Å². The third-order valence-corrected chi connectivity index (χ3v) is 5.45. The maximum Gasteiger partial charge on any atom is 0.224 e. The topological polar surface area (TPSA) is 71.9 Å². The van der Waals surface area contributed by atoms with E-state index >= 15 is 0 Å². The molecule has 2 heterocycles. The molecule has 0 unspecified atom stereocenters. The van der Waals surface area contributed by atoms with Gasteiger partial charge in [0.15, 0.2) is 0 Å². The fourth-order valence-electron chi connectivity index (χ4n) is 3.62. The molecule has 0 aliphatic heterocycles. The summed E-state index contributed by atoms with van der Waals surface area (Å²) < 4.78 is 7.52. The molecule has 0 aliphatic carbocycles. The number of aromatic amines is 1. The van der Waals surface area contributed by atoms with E-state index in [4.69, 9.17) is 16.3 Å². The fraction of sp³-hybridized carbons (Fsp3) is 0.217. The number of fused-ring (bicyclic) bond motifs is 1. The Morgan fingerprint density at radius 3 is 2.77 bits per heavy atom. The molecule has 0 fully saturated rings. The Balaban J connectivity index is 1.41. The van der Waals surface area contributed by atoms with E-state index in [1.54, 1.807) is 7.11 Å². The van der Waals surface area contributed by atoms with Crippen LogP contribution in [-0.4, -0.2) is 34.3 Å². The van der Waals surface area contributed by atoms with Gasteiger partial charge in [0.1, 0.15) is 5.75 Å². The van der Waals surface area contributed by atoms with Crippen molar-refractivity contribution in [2.75, 3.05) is 13.7 Å². The molecule has 4 rings (SSSR count). The molecule has 2 aromatic carbocycles. The van der Waals surface area contributed by atoms with Gasteiger partial charge in [-0.3, -0.25) is 9.89 Å². The predicted octanol–water partition coefficient (Wildman–Crippen LogP) is 4.36. The average molecular weight is 423 g/mol. The van der Waals surface area contributed by atoms with Crippen molar-refractivity contribution < 1.29 is 9.53 Å². The molecule has 0 saturated heterocycles. The minimum Gasteiger partial charge on any atom is -0.496 e. The van der Waals surface area contributed by atoms with Crippen molar-refractivity contribution in [2.24, 2.45) is 0 Å². The molecular weight excluding hydrogens is 400 g/mol. The van der Waals surface area contributed by atoms with Crippen LogP contribution in [0, 0.1) is 6.92 Å². The van der Waals surface area contributed by atoms with E-state index in [0.717, 1.165) is 39.2 Å². The average Bonchev–Trinajstić information content (AvgIpc) is 3.32. The molecular formula is C23H23ClN4O2. The molecule has 154 valence electrons. The van der Waals surface area contributed by atoms with E-state index in [-0.39, 0.29) is 12.3 Å². The fourth-order valence-corrected chi connectivity index (χ4v) is 3.75. The van der Waals surface area contributed by atoms with Gasteiger partial charge in [-0.15, -0.1) is 0 Å². The molecule has 6 nitrogen and oxygen atoms in total. The monoisotopic (exact) mass is 422 g/mol. The van der Waals surface area contributed by atoms with Crippen LogP contribution in [0.2, 0.25) is 5.02 Å². The lowest BCUT2D eigenvalue weighted by molar-refractivity contribution is -0.120. The maximum absolute atomic E-state index is 12.6. The third-order valence-electron chi connectivity index (χ3n) is 5.20. The van der Waals surface area contributed by atoms with Crippen LogP contribution in [0.1, 0.15) is 11.3 Å². The lowest BCUT2D eigenvalue weighted by atomic mass is 10.0. The molecule has 0 saturated carbocycles. The molecule has 2 aromatic heterocycles. The van der Waals surface area contributed by atoms with Crippen LogP contribution in [0.5, 0.6) is 5.75 Å². The smallest absolute Gasteiger partial charge is 0.224 e. The highest BCUT2D eigenvalue weighted by atomic mass is 35.5. The number of amides is 1. The summed E-state index contributed by atoms with van der Waals surface area (Å²) in [6, 6.07) is 15.4. The van der Waals surface area contributed by atoms with Crippen LogP contribution in [-0.2, 0) is 17.8 Å². The highest BCUT2D eigenvalue weighted by Gasteiger charge is 2.16. The SMILES string of the molecule is COc1cccc2c1ccn2CCNC(=O)Cc1c(-c2ccc(Cl)cc2)n[nH]c1C. The van der Waals surface area contributed by atoms with Gasteiger partial charge in [-0.05, 0) is 37.3 Å². The number of aryl methyl sites for hydroxylation is 1. The van der Waals surface area contributed by atoms with Gasteiger partial charge in [0.05, 0.1) is 24.7 Å². The Morgan fingerprint density at radius 1 is 1.20 bits per heavy atom. The molecule has 0 aliphatic rings. The van der Waals surface area contributed by atoms with Crippen molar-refractivity contribution in [2.45, 2.75) is 19.9 Å². The van der Waals surface area contributed by atoms with Crippen LogP contribution in [0.3, 0.4) is 0 Å². The molecule has 0 radical (unpaired) electrons. The van der Waals surface area contributed by atoms with Gasteiger partial charge in [0.25, 0.3) is 0 Å². The van der Waals surface area contributed by atoms with Crippen molar-refractivity contribution in [1.82, 2.24) is 20.1 Å². The molecule has 0 spiro atoms. The first-order chi connectivity index (χ1) is 14.6. The molecule has 0 bridgehead atoms. The number of halogens is 1. The molecule has 4 aromatic rings. The number of hydrogen-bond donors (Lipinski definition) is 2. The van der Waals surface area contributed by atoms with E-state index in [9.17, 15) is 4.79 Å². The van der Waals surface area contributed by atoms with E-state index < -0.39 is 0 Å². The summed E-state index contributed by atoms with van der Waals surface area (Å²) in [5.74, 6) is 0.809. The zero-order valence-corrected chi connectivity index (χ0v) is 17.7. The largest absolute Gasteiger partial charge is 0.496 e. The van der Waals surface area contributed by atoms with Crippen molar-refractivity contribution in [3.63, 3.8) is 0 Å². The number of H-pyrrole nitrogens is 1. The summed E-state index contributed by atoms with van der Waals surface area (Å²) in [5, 5.41) is 12.1. The summed E-state index contributed by atoms with van der Waals surface area (Å²) in [4.78, 5) is 12.6. The number of methoxy groups -OCH3 is 1. The van der Waals surface area contributed by atoms with Crippen LogP contribution in [0.4, 0.5) is 0 Å². The van der Waals surface area contributed by atoms with Crippen LogP contribution in [0.15, 0.2) is 54.7 Å². The van der Waals surface area contributed by atoms with Gasteiger partial charge in [0, 0.05) is 46.5 Å². The summed E-state index contributed by atoms with van der Waals surface area (Å²) >= 11 is 5.98. The first-order valence-electron chi connectivity index (χ1n) is 9.75. The first-order valence-corrected chi connectivity index (χ1v) is 10.1. The zero-order chi connectivity index (χ0) is 21.1. The van der Waals surface area contributed by atoms with E-state index in [1.165, 1.54) is 0 Å². The van der Waals surface area contributed by atoms with Crippen molar-refractivity contribution >= 4 is 28.4 Å². The van der Waals surface area contributed by atoms with Gasteiger partial charge in [-0.1, -0.05) is 29.8 Å². The second-order valence-corrected chi connectivity index (χ2v) is 7.55. The van der Waals surface area contributed by atoms with Crippen molar-refractivity contribution in [1.29, 1.82) is 0 Å². The number of nitrogens with zero attached hydrogens (tertiary/aromatic N) is 2. The second kappa shape index (κ2) is 8.63. The standard InChI is InChI=1S/C23H23ClN4O2/c1-15-19(23(27-26-15)16-6-8-17(24)9-7-16)14-22(29)25-11-13-28-12-10-18-20(28)4-3-5-21(18)30-2/h3-10,12H,11,13-14H2,1-2H3,(H,25,29)(H,26,27). The number of carbonyl (C=O) groups is 1. The summed E-state index contributed by atoms with van der Waals surface area (Å²) in [6.07, 6.45) is 2.28. The lowest BCUT2D eigenvalue weighted by Gasteiger charge is -2.09. The molecule has 2 N–H and O–H groups in total. The zero-order valence-electron chi connectivity index (χ0n) is 16.9. The summed E-state index contributed by atoms with van der Waals surface area (Å²) in [7, 11) is 1.67. The van der Waals surface area contributed by atoms with Crippen molar-refractivity contribution in [3.05, 3.63) is 71.0 Å². The normalized spacial score (nSPS) is 11.0. The quantitative estimate of drug-likeness (QED) is 0.464. The maximum atomic E-state index is 12.6. The predicted molar refractivity (Wildman–Crippen MR) is 119 cm³/mol. The number of rotatable bonds is 7. The van der Waals surface area contributed by atoms with E-state index in [1.807, 2.05) is 61.7 Å². The van der Waals surface area contributed by atoms with Gasteiger partial charge in [-0.25, -0.2) is 0 Å². The molecule has 30 heavy (non-hydrogen) atoms. The highest BCUT2D eigenvalue weighted by Crippen LogP contribution is 2.27. The number of aromatic nitrogens is 3. The molecule has 0 atom stereocenters. The van der Waals surface area contributed by atoms with Crippen molar-refractivity contribution in [3.8, 4) is 17.0 Å². The Kier molecular flexibility index (Phi) is 5.77. The number of nitrogens with one attached hydrogen (secondary N) is 2. The summed E-state index contributed by atoms with van der Waals surface area (Å²) in [6.45, 7) is 3.14. The first kappa shape index (κ1) is 20.0. The Morgan fingerprint density at radius 2 is 2.00 bits per heavy atom. The third kappa shape index (κ3) is 4.04. The number of ether oxygens (including phenoxy) is 1. The minimum absolute atomic E-state index is 0.0382. The van der Waals surface area contributed by atoms with Crippen LogP contribution < -0.4 is 10.1 Å². The van der Waals surface area contributed by atoms with Gasteiger partial charge in [0.2, 0.25) is 5.91 Å². The second-order valence-electron chi connectivity index (χ2n) is 7.11. The highest BCUT2D eigenvalue weighted by molar-refractivity contribution is 6.30. The molecule has 1 amide bonds. The Labute approximate surface area is 179 Å². The summed E-state index contributed by atoms with van der Waals surface area (Å²) in [5.41, 5.74) is 4.57. The van der Waals surface area contributed by atoms with E-state index in [2.05, 4.69) is 20.1 Å². The van der Waals surface area contributed by atoms with Gasteiger partial charge >= 0.3 is 0 Å². The Hall–Kier alpha value is -3.25. The van der Waals surface area contributed by atoms with Crippen LogP contribution in [0.25, 0.3) is 22.2 Å². The minimum atomic E-state index is -0.0382. The molecule has 7 heteroatoms.